The topological polar surface area (TPSA) is 38.7 Å². The zero-order valence-corrected chi connectivity index (χ0v) is 9.01. The van der Waals surface area contributed by atoms with Crippen LogP contribution in [-0.2, 0) is 6.42 Å². The fourth-order valence-corrected chi connectivity index (χ4v) is 1.88. The van der Waals surface area contributed by atoms with Gasteiger partial charge < -0.3 is 0 Å². The van der Waals surface area contributed by atoms with Gasteiger partial charge in [0.05, 0.1) is 0 Å². The van der Waals surface area contributed by atoms with Crippen LogP contribution in [0.25, 0.3) is 10.8 Å². The standard InChI is InChI=1S/C10H11N3S/c1-3-8-6-13-10(14-8)9-11-4-7(2)5-12-9/h4-6H,3H2,1-2H3. The Kier molecular flexibility index (Phi) is 2.54. The second-order valence-corrected chi connectivity index (χ2v) is 4.18. The van der Waals surface area contributed by atoms with Crippen molar-refractivity contribution in [3.63, 3.8) is 0 Å². The molecule has 2 aromatic heterocycles. The van der Waals surface area contributed by atoms with Crippen molar-refractivity contribution in [1.82, 2.24) is 15.0 Å². The molecule has 0 aromatic carbocycles. The summed E-state index contributed by atoms with van der Waals surface area (Å²) in [4.78, 5) is 14.0. The lowest BCUT2D eigenvalue weighted by Gasteiger charge is -1.93. The summed E-state index contributed by atoms with van der Waals surface area (Å²) in [5.74, 6) is 0.723. The number of hydrogen-bond acceptors (Lipinski definition) is 4. The van der Waals surface area contributed by atoms with E-state index in [2.05, 4.69) is 21.9 Å². The summed E-state index contributed by atoms with van der Waals surface area (Å²) in [7, 11) is 0. The van der Waals surface area contributed by atoms with Gasteiger partial charge in [0.15, 0.2) is 10.8 Å². The van der Waals surface area contributed by atoms with Crippen LogP contribution in [0.15, 0.2) is 18.6 Å². The van der Waals surface area contributed by atoms with Crippen LogP contribution in [0.5, 0.6) is 0 Å². The van der Waals surface area contributed by atoms with Gasteiger partial charge in [-0.1, -0.05) is 6.92 Å². The Balaban J connectivity index is 2.34. The maximum atomic E-state index is 4.28. The number of aryl methyl sites for hydroxylation is 2. The highest BCUT2D eigenvalue weighted by Crippen LogP contribution is 2.21. The van der Waals surface area contributed by atoms with Gasteiger partial charge in [-0.05, 0) is 18.9 Å². The first-order chi connectivity index (χ1) is 6.79. The van der Waals surface area contributed by atoms with Gasteiger partial charge in [-0.25, -0.2) is 15.0 Å². The minimum absolute atomic E-state index is 0.723. The van der Waals surface area contributed by atoms with E-state index in [1.54, 1.807) is 11.3 Å². The molecule has 0 aliphatic carbocycles. The highest BCUT2D eigenvalue weighted by Gasteiger charge is 2.05. The Morgan fingerprint density at radius 3 is 2.43 bits per heavy atom. The van der Waals surface area contributed by atoms with E-state index < -0.39 is 0 Å². The fourth-order valence-electron chi connectivity index (χ4n) is 1.08. The number of nitrogens with zero attached hydrogens (tertiary/aromatic N) is 3. The first-order valence-corrected chi connectivity index (χ1v) is 5.35. The highest BCUT2D eigenvalue weighted by molar-refractivity contribution is 7.14. The lowest BCUT2D eigenvalue weighted by Crippen LogP contribution is -1.87. The third-order valence-electron chi connectivity index (χ3n) is 1.87. The van der Waals surface area contributed by atoms with Gasteiger partial charge in [-0.2, -0.15) is 0 Å². The summed E-state index contributed by atoms with van der Waals surface area (Å²) in [6, 6.07) is 0. The zero-order valence-electron chi connectivity index (χ0n) is 8.19. The third-order valence-corrected chi connectivity index (χ3v) is 3.01. The molecule has 0 N–H and O–H groups in total. The maximum absolute atomic E-state index is 4.28. The van der Waals surface area contributed by atoms with Gasteiger partial charge in [0.2, 0.25) is 0 Å². The molecule has 72 valence electrons. The van der Waals surface area contributed by atoms with Gasteiger partial charge in [-0.15, -0.1) is 11.3 Å². The molecule has 0 amide bonds. The monoisotopic (exact) mass is 205 g/mol. The molecule has 0 unspecified atom stereocenters. The predicted octanol–water partition coefficient (Wildman–Crippen LogP) is 2.47. The van der Waals surface area contributed by atoms with Crippen LogP contribution in [-0.4, -0.2) is 15.0 Å². The minimum Gasteiger partial charge on any atom is -0.241 e. The number of rotatable bonds is 2. The van der Waals surface area contributed by atoms with Crippen molar-refractivity contribution < 1.29 is 0 Å². The smallest absolute Gasteiger partial charge is 0.188 e. The molecule has 0 atom stereocenters. The van der Waals surface area contributed by atoms with Crippen molar-refractivity contribution in [2.45, 2.75) is 20.3 Å². The summed E-state index contributed by atoms with van der Waals surface area (Å²) in [6.45, 7) is 4.09. The van der Waals surface area contributed by atoms with E-state index in [1.807, 2.05) is 25.5 Å². The van der Waals surface area contributed by atoms with Crippen LogP contribution < -0.4 is 0 Å². The molecule has 0 aliphatic rings. The average Bonchev–Trinajstić information content (AvgIpc) is 2.67. The van der Waals surface area contributed by atoms with Crippen molar-refractivity contribution in [3.05, 3.63) is 29.0 Å². The summed E-state index contributed by atoms with van der Waals surface area (Å²) in [5.41, 5.74) is 1.07. The van der Waals surface area contributed by atoms with Gasteiger partial charge in [0.1, 0.15) is 0 Å². The predicted molar refractivity (Wildman–Crippen MR) is 57.3 cm³/mol. The molecule has 0 radical (unpaired) electrons. The van der Waals surface area contributed by atoms with Gasteiger partial charge in [0, 0.05) is 23.5 Å². The molecule has 0 saturated carbocycles. The van der Waals surface area contributed by atoms with Gasteiger partial charge >= 0.3 is 0 Å². The molecule has 0 spiro atoms. The molecule has 0 aliphatic heterocycles. The quantitative estimate of drug-likeness (QED) is 0.756. The molecule has 3 nitrogen and oxygen atoms in total. The van der Waals surface area contributed by atoms with Crippen molar-refractivity contribution in [2.24, 2.45) is 0 Å². The Bertz CT molecular complexity index is 419. The Morgan fingerprint density at radius 2 is 1.86 bits per heavy atom. The fraction of sp³-hybridized carbons (Fsp3) is 0.300. The second-order valence-electron chi connectivity index (χ2n) is 3.07. The summed E-state index contributed by atoms with van der Waals surface area (Å²) >= 11 is 1.66. The molecule has 4 heteroatoms. The average molecular weight is 205 g/mol. The van der Waals surface area contributed by atoms with E-state index in [-0.39, 0.29) is 0 Å². The third kappa shape index (κ3) is 1.80. The number of hydrogen-bond donors (Lipinski definition) is 0. The number of aromatic nitrogens is 3. The zero-order chi connectivity index (χ0) is 9.97. The Morgan fingerprint density at radius 1 is 1.14 bits per heavy atom. The largest absolute Gasteiger partial charge is 0.241 e. The van der Waals surface area contributed by atoms with Crippen molar-refractivity contribution in [1.29, 1.82) is 0 Å². The summed E-state index contributed by atoms with van der Waals surface area (Å²) in [5, 5.41) is 0.904. The summed E-state index contributed by atoms with van der Waals surface area (Å²) < 4.78 is 0. The lowest BCUT2D eigenvalue weighted by atomic mass is 10.4. The molecular formula is C10H11N3S. The van der Waals surface area contributed by atoms with Crippen molar-refractivity contribution >= 4 is 11.3 Å². The van der Waals surface area contributed by atoms with Crippen LogP contribution in [0.4, 0.5) is 0 Å². The van der Waals surface area contributed by atoms with Gasteiger partial charge in [0.25, 0.3) is 0 Å². The van der Waals surface area contributed by atoms with Crippen LogP contribution in [0.2, 0.25) is 0 Å². The highest BCUT2D eigenvalue weighted by atomic mass is 32.1. The van der Waals surface area contributed by atoms with Crippen molar-refractivity contribution in [2.75, 3.05) is 0 Å². The van der Waals surface area contributed by atoms with Crippen LogP contribution in [0, 0.1) is 6.92 Å². The molecule has 0 fully saturated rings. The van der Waals surface area contributed by atoms with E-state index in [0.717, 1.165) is 22.8 Å². The van der Waals surface area contributed by atoms with Crippen molar-refractivity contribution in [3.8, 4) is 10.8 Å². The molecule has 2 aromatic rings. The molecule has 0 saturated heterocycles. The molecule has 2 rings (SSSR count). The molecule has 14 heavy (non-hydrogen) atoms. The van der Waals surface area contributed by atoms with Crippen LogP contribution in [0.1, 0.15) is 17.4 Å². The van der Waals surface area contributed by atoms with E-state index in [9.17, 15) is 0 Å². The van der Waals surface area contributed by atoms with E-state index in [4.69, 9.17) is 0 Å². The lowest BCUT2D eigenvalue weighted by molar-refractivity contribution is 1.12. The number of thiazole rings is 1. The Labute approximate surface area is 86.9 Å². The summed E-state index contributed by atoms with van der Waals surface area (Å²) in [6.07, 6.45) is 6.54. The van der Waals surface area contributed by atoms with Gasteiger partial charge in [-0.3, -0.25) is 0 Å². The first-order valence-electron chi connectivity index (χ1n) is 4.53. The first kappa shape index (κ1) is 9.27. The Hall–Kier alpha value is -1.29. The van der Waals surface area contributed by atoms with Crippen LogP contribution >= 0.6 is 11.3 Å². The molecule has 0 bridgehead atoms. The normalized spacial score (nSPS) is 10.4. The SMILES string of the molecule is CCc1cnc(-c2ncc(C)cn2)s1. The van der Waals surface area contributed by atoms with E-state index in [0.29, 0.717) is 0 Å². The van der Waals surface area contributed by atoms with E-state index >= 15 is 0 Å². The molecular weight excluding hydrogens is 194 g/mol. The maximum Gasteiger partial charge on any atom is 0.188 e. The van der Waals surface area contributed by atoms with Crippen LogP contribution in [0.3, 0.4) is 0 Å². The molecule has 2 heterocycles. The minimum atomic E-state index is 0.723. The van der Waals surface area contributed by atoms with E-state index in [1.165, 1.54) is 4.88 Å². The second kappa shape index (κ2) is 3.84.